The Hall–Kier alpha value is -3.14. The quantitative estimate of drug-likeness (QED) is 0.931. The van der Waals surface area contributed by atoms with Crippen LogP contribution in [0, 0.1) is 24.1 Å². The molecule has 1 aliphatic heterocycles. The first-order chi connectivity index (χ1) is 12.1. The largest absolute Gasteiger partial charge is 0.485 e. The molecular formula is C18H17FN4O2. The van der Waals surface area contributed by atoms with E-state index in [4.69, 9.17) is 10.00 Å². The molecule has 1 unspecified atom stereocenters. The summed E-state index contributed by atoms with van der Waals surface area (Å²) < 4.78 is 19.3. The van der Waals surface area contributed by atoms with Gasteiger partial charge in [0.1, 0.15) is 18.0 Å². The standard InChI is InChI=1S/C18H17FN4O2/c1-12-8-17(21-10-13(12)9-20)22-18(24)23-7-6-14(11-23)25-16-5-3-2-4-15(16)19/h2-5,8,10,14H,6-7,11H2,1H3,(H,21,22,24). The number of urea groups is 1. The van der Waals surface area contributed by atoms with Crippen molar-refractivity contribution in [1.29, 1.82) is 5.26 Å². The number of aromatic nitrogens is 1. The van der Waals surface area contributed by atoms with E-state index in [1.807, 2.05) is 6.07 Å². The van der Waals surface area contributed by atoms with E-state index >= 15 is 0 Å². The van der Waals surface area contributed by atoms with Gasteiger partial charge in [0.15, 0.2) is 11.6 Å². The Labute approximate surface area is 144 Å². The summed E-state index contributed by atoms with van der Waals surface area (Å²) in [6.45, 7) is 2.67. The van der Waals surface area contributed by atoms with E-state index in [0.717, 1.165) is 5.56 Å². The number of benzene rings is 1. The highest BCUT2D eigenvalue weighted by Gasteiger charge is 2.28. The van der Waals surface area contributed by atoms with E-state index in [1.54, 1.807) is 36.1 Å². The van der Waals surface area contributed by atoms with Crippen LogP contribution in [0.5, 0.6) is 5.75 Å². The number of nitrogens with one attached hydrogen (secondary N) is 1. The zero-order valence-electron chi connectivity index (χ0n) is 13.7. The Bertz CT molecular complexity index is 834. The zero-order chi connectivity index (χ0) is 17.8. The molecule has 0 bridgehead atoms. The summed E-state index contributed by atoms with van der Waals surface area (Å²) in [7, 11) is 0. The molecule has 1 atom stereocenters. The van der Waals surface area contributed by atoms with Crippen molar-refractivity contribution in [3.05, 3.63) is 53.5 Å². The number of carbonyl (C=O) groups excluding carboxylic acids is 1. The molecule has 0 spiro atoms. The van der Waals surface area contributed by atoms with Gasteiger partial charge in [0.05, 0.1) is 12.1 Å². The van der Waals surface area contributed by atoms with E-state index in [1.165, 1.54) is 12.3 Å². The number of halogens is 1. The number of aryl methyl sites for hydroxylation is 1. The number of hydrogen-bond donors (Lipinski definition) is 1. The normalized spacial score (nSPS) is 16.4. The average Bonchev–Trinajstić information content (AvgIpc) is 3.06. The fraction of sp³-hybridized carbons (Fsp3) is 0.278. The number of carbonyl (C=O) groups is 1. The summed E-state index contributed by atoms with van der Waals surface area (Å²) in [5.41, 5.74) is 1.22. The van der Waals surface area contributed by atoms with Crippen LogP contribution in [-0.4, -0.2) is 35.1 Å². The lowest BCUT2D eigenvalue weighted by Crippen LogP contribution is -2.34. The highest BCUT2D eigenvalue weighted by molar-refractivity contribution is 5.88. The van der Waals surface area contributed by atoms with Crippen LogP contribution in [0.1, 0.15) is 17.5 Å². The first-order valence-corrected chi connectivity index (χ1v) is 7.90. The second kappa shape index (κ2) is 7.18. The molecule has 0 radical (unpaired) electrons. The van der Waals surface area contributed by atoms with Gasteiger partial charge >= 0.3 is 6.03 Å². The number of likely N-dealkylation sites (tertiary alicyclic amines) is 1. The number of anilines is 1. The van der Waals surface area contributed by atoms with Crippen molar-refractivity contribution in [3.8, 4) is 11.8 Å². The molecule has 3 rings (SSSR count). The van der Waals surface area contributed by atoms with Crippen molar-refractivity contribution in [2.45, 2.75) is 19.4 Å². The van der Waals surface area contributed by atoms with Crippen LogP contribution in [0.3, 0.4) is 0 Å². The second-order valence-corrected chi connectivity index (χ2v) is 5.83. The molecular weight excluding hydrogens is 323 g/mol. The van der Waals surface area contributed by atoms with Crippen LogP contribution in [0.15, 0.2) is 36.5 Å². The number of hydrogen-bond acceptors (Lipinski definition) is 4. The summed E-state index contributed by atoms with van der Waals surface area (Å²) >= 11 is 0. The molecule has 7 heteroatoms. The van der Waals surface area contributed by atoms with Crippen LogP contribution in [0.25, 0.3) is 0 Å². The lowest BCUT2D eigenvalue weighted by atomic mass is 10.2. The Morgan fingerprint density at radius 3 is 3.00 bits per heavy atom. The first-order valence-electron chi connectivity index (χ1n) is 7.90. The number of pyridine rings is 1. The van der Waals surface area contributed by atoms with Gasteiger partial charge in [-0.15, -0.1) is 0 Å². The molecule has 2 heterocycles. The molecule has 1 saturated heterocycles. The van der Waals surface area contributed by atoms with Crippen molar-refractivity contribution in [3.63, 3.8) is 0 Å². The molecule has 6 nitrogen and oxygen atoms in total. The Morgan fingerprint density at radius 2 is 2.28 bits per heavy atom. The molecule has 1 aromatic heterocycles. The fourth-order valence-corrected chi connectivity index (χ4v) is 2.66. The van der Waals surface area contributed by atoms with E-state index in [-0.39, 0.29) is 17.9 Å². The maximum Gasteiger partial charge on any atom is 0.323 e. The van der Waals surface area contributed by atoms with Gasteiger partial charge in [0.25, 0.3) is 0 Å². The van der Waals surface area contributed by atoms with Crippen LogP contribution in [-0.2, 0) is 0 Å². The maximum atomic E-state index is 13.6. The lowest BCUT2D eigenvalue weighted by Gasteiger charge is -2.18. The smallest absolute Gasteiger partial charge is 0.323 e. The zero-order valence-corrected chi connectivity index (χ0v) is 13.7. The summed E-state index contributed by atoms with van der Waals surface area (Å²) in [6.07, 6.45) is 1.80. The lowest BCUT2D eigenvalue weighted by molar-refractivity contribution is 0.189. The molecule has 1 aromatic carbocycles. The van der Waals surface area contributed by atoms with Gasteiger partial charge in [-0.05, 0) is 30.7 Å². The third-order valence-corrected chi connectivity index (χ3v) is 4.03. The Morgan fingerprint density at radius 1 is 1.48 bits per heavy atom. The SMILES string of the molecule is Cc1cc(NC(=O)N2CCC(Oc3ccccc3F)C2)ncc1C#N. The van der Waals surface area contributed by atoms with Crippen LogP contribution < -0.4 is 10.1 Å². The van der Waals surface area contributed by atoms with E-state index in [9.17, 15) is 9.18 Å². The molecule has 1 N–H and O–H groups in total. The number of ether oxygens (including phenoxy) is 1. The predicted molar refractivity (Wildman–Crippen MR) is 89.7 cm³/mol. The Balaban J connectivity index is 1.58. The molecule has 1 fully saturated rings. The maximum absolute atomic E-state index is 13.6. The van der Waals surface area contributed by atoms with Crippen molar-refractivity contribution in [2.24, 2.45) is 0 Å². The third-order valence-electron chi connectivity index (χ3n) is 4.03. The monoisotopic (exact) mass is 340 g/mol. The van der Waals surface area contributed by atoms with Gasteiger partial charge in [-0.2, -0.15) is 5.26 Å². The van der Waals surface area contributed by atoms with Crippen molar-refractivity contribution in [2.75, 3.05) is 18.4 Å². The van der Waals surface area contributed by atoms with Crippen LogP contribution >= 0.6 is 0 Å². The molecule has 25 heavy (non-hydrogen) atoms. The summed E-state index contributed by atoms with van der Waals surface area (Å²) in [4.78, 5) is 18.0. The number of nitrogens with zero attached hydrogens (tertiary/aromatic N) is 3. The van der Waals surface area contributed by atoms with Gasteiger partial charge in [-0.1, -0.05) is 12.1 Å². The van der Waals surface area contributed by atoms with Gasteiger partial charge in [0.2, 0.25) is 0 Å². The third kappa shape index (κ3) is 3.86. The predicted octanol–water partition coefficient (Wildman–Crippen LogP) is 3.09. The molecule has 2 amide bonds. The number of amides is 2. The van der Waals surface area contributed by atoms with Crippen LogP contribution in [0.4, 0.5) is 15.0 Å². The van der Waals surface area contributed by atoms with E-state index in [2.05, 4.69) is 10.3 Å². The molecule has 0 aliphatic carbocycles. The number of rotatable bonds is 3. The van der Waals surface area contributed by atoms with Gasteiger partial charge in [-0.25, -0.2) is 14.2 Å². The minimum absolute atomic E-state index is 0.194. The Kier molecular flexibility index (Phi) is 4.80. The summed E-state index contributed by atoms with van der Waals surface area (Å²) in [5.74, 6) is 0.168. The second-order valence-electron chi connectivity index (χ2n) is 5.83. The minimum atomic E-state index is -0.414. The fourth-order valence-electron chi connectivity index (χ4n) is 2.66. The first kappa shape index (κ1) is 16.7. The van der Waals surface area contributed by atoms with Gasteiger partial charge < -0.3 is 9.64 Å². The van der Waals surface area contributed by atoms with Gasteiger partial charge in [-0.3, -0.25) is 5.32 Å². The molecule has 0 saturated carbocycles. The van der Waals surface area contributed by atoms with Crippen molar-refractivity contribution in [1.82, 2.24) is 9.88 Å². The van der Waals surface area contributed by atoms with Crippen molar-refractivity contribution < 1.29 is 13.9 Å². The summed E-state index contributed by atoms with van der Waals surface area (Å²) in [6, 6.07) is 9.61. The summed E-state index contributed by atoms with van der Waals surface area (Å²) in [5, 5.41) is 11.6. The van der Waals surface area contributed by atoms with Crippen LogP contribution in [0.2, 0.25) is 0 Å². The topological polar surface area (TPSA) is 78.2 Å². The number of nitriles is 1. The average molecular weight is 340 g/mol. The van der Waals surface area contributed by atoms with E-state index in [0.29, 0.717) is 30.9 Å². The highest BCUT2D eigenvalue weighted by Crippen LogP contribution is 2.22. The van der Waals surface area contributed by atoms with Gasteiger partial charge in [0, 0.05) is 19.2 Å². The molecule has 1 aliphatic rings. The minimum Gasteiger partial charge on any atom is -0.485 e. The number of para-hydroxylation sites is 1. The molecule has 2 aromatic rings. The molecule has 128 valence electrons. The van der Waals surface area contributed by atoms with E-state index < -0.39 is 5.82 Å². The highest BCUT2D eigenvalue weighted by atomic mass is 19.1. The van der Waals surface area contributed by atoms with Crippen molar-refractivity contribution >= 4 is 11.8 Å².